The molecule has 1 fully saturated rings. The molecule has 7 heteroatoms. The Morgan fingerprint density at radius 1 is 1.19 bits per heavy atom. The minimum atomic E-state index is -0.438. The first-order valence-electron chi connectivity index (χ1n) is 8.62. The smallest absolute Gasteiger partial charge is 0.239 e. The molecule has 3 unspecified atom stereocenters. The zero-order valence-corrected chi connectivity index (χ0v) is 14.3. The van der Waals surface area contributed by atoms with Crippen LogP contribution in [-0.2, 0) is 4.79 Å². The summed E-state index contributed by atoms with van der Waals surface area (Å²) in [6.07, 6.45) is 0.472. The number of para-hydroxylation sites is 2. The van der Waals surface area contributed by atoms with Gasteiger partial charge in [-0.1, -0.05) is 30.3 Å². The molecule has 0 spiro atoms. The lowest BCUT2D eigenvalue weighted by Crippen LogP contribution is -2.44. The van der Waals surface area contributed by atoms with E-state index in [9.17, 15) is 9.18 Å². The van der Waals surface area contributed by atoms with Crippen LogP contribution in [0.1, 0.15) is 36.8 Å². The average molecular weight is 353 g/mol. The largest absolute Gasteiger partial charge is 0.345 e. The summed E-state index contributed by atoms with van der Waals surface area (Å²) in [5, 5.41) is 2.96. The first-order valence-corrected chi connectivity index (χ1v) is 8.62. The van der Waals surface area contributed by atoms with E-state index in [-0.39, 0.29) is 23.8 Å². The van der Waals surface area contributed by atoms with E-state index in [1.165, 1.54) is 6.07 Å². The predicted molar refractivity (Wildman–Crippen MR) is 96.5 cm³/mol. The van der Waals surface area contributed by atoms with Gasteiger partial charge in [0.25, 0.3) is 0 Å². The van der Waals surface area contributed by atoms with Gasteiger partial charge in [-0.15, -0.1) is 0 Å². The van der Waals surface area contributed by atoms with Crippen molar-refractivity contribution in [3.05, 3.63) is 65.7 Å². The molecule has 1 amide bonds. The number of imidazole rings is 1. The van der Waals surface area contributed by atoms with Crippen LogP contribution in [0.3, 0.4) is 0 Å². The molecule has 3 aromatic rings. The number of hydrazine groups is 1. The average Bonchev–Trinajstić information content (AvgIpc) is 3.29. The van der Waals surface area contributed by atoms with Crippen molar-refractivity contribution in [1.82, 2.24) is 26.1 Å². The SMILES string of the molecule is CC(NC(=O)C1CC(c2ccccc2F)NN1)c1nc2ccccc2[nH]1. The molecule has 1 aliphatic heterocycles. The van der Waals surface area contributed by atoms with E-state index in [2.05, 4.69) is 26.1 Å². The van der Waals surface area contributed by atoms with E-state index in [1.54, 1.807) is 18.2 Å². The van der Waals surface area contributed by atoms with Crippen LogP contribution in [0.4, 0.5) is 4.39 Å². The number of aromatic nitrogens is 2. The van der Waals surface area contributed by atoms with Crippen LogP contribution in [0.15, 0.2) is 48.5 Å². The minimum absolute atomic E-state index is 0.149. The fourth-order valence-corrected chi connectivity index (χ4v) is 3.25. The first kappa shape index (κ1) is 16.7. The highest BCUT2D eigenvalue weighted by Crippen LogP contribution is 2.25. The molecule has 1 saturated heterocycles. The summed E-state index contributed by atoms with van der Waals surface area (Å²) in [5.74, 6) is 0.281. The number of carbonyl (C=O) groups excluding carboxylic acids is 1. The maximum Gasteiger partial charge on any atom is 0.239 e. The van der Waals surface area contributed by atoms with Crippen LogP contribution >= 0.6 is 0 Å². The number of rotatable bonds is 4. The molecule has 1 aromatic heterocycles. The standard InChI is InChI=1S/C19H20FN5O/c1-11(18-22-14-8-4-5-9-15(14)23-18)21-19(26)17-10-16(24-25-17)12-6-2-3-7-13(12)20/h2-9,11,16-17,24-25H,10H2,1H3,(H,21,26)(H,22,23). The number of H-pyrrole nitrogens is 1. The van der Waals surface area contributed by atoms with Gasteiger partial charge in [0, 0.05) is 5.56 Å². The Balaban J connectivity index is 1.41. The van der Waals surface area contributed by atoms with Gasteiger partial charge in [-0.05, 0) is 31.5 Å². The zero-order valence-electron chi connectivity index (χ0n) is 14.3. The second-order valence-corrected chi connectivity index (χ2v) is 6.52. The summed E-state index contributed by atoms with van der Waals surface area (Å²) in [5.41, 5.74) is 8.32. The summed E-state index contributed by atoms with van der Waals surface area (Å²) in [6, 6.07) is 13.4. The maximum absolute atomic E-state index is 13.9. The van der Waals surface area contributed by atoms with Crippen LogP contribution in [0.5, 0.6) is 0 Å². The van der Waals surface area contributed by atoms with Crippen LogP contribution in [0.2, 0.25) is 0 Å². The Hall–Kier alpha value is -2.77. The van der Waals surface area contributed by atoms with Crippen molar-refractivity contribution in [2.45, 2.75) is 31.5 Å². The Morgan fingerprint density at radius 2 is 1.96 bits per heavy atom. The number of hydrogen-bond acceptors (Lipinski definition) is 4. The summed E-state index contributed by atoms with van der Waals surface area (Å²) in [4.78, 5) is 20.3. The lowest BCUT2D eigenvalue weighted by atomic mass is 10.0. The predicted octanol–water partition coefficient (Wildman–Crippen LogP) is 2.49. The van der Waals surface area contributed by atoms with E-state index >= 15 is 0 Å². The minimum Gasteiger partial charge on any atom is -0.345 e. The molecule has 1 aliphatic rings. The summed E-state index contributed by atoms with van der Waals surface area (Å²) in [6.45, 7) is 1.88. The number of benzene rings is 2. The van der Waals surface area contributed by atoms with E-state index in [4.69, 9.17) is 0 Å². The van der Waals surface area contributed by atoms with Crippen LogP contribution < -0.4 is 16.2 Å². The molecule has 4 rings (SSSR count). The van der Waals surface area contributed by atoms with Crippen LogP contribution in [-0.4, -0.2) is 21.9 Å². The number of hydrogen-bond donors (Lipinski definition) is 4. The van der Waals surface area contributed by atoms with Crippen LogP contribution in [0.25, 0.3) is 11.0 Å². The molecular weight excluding hydrogens is 333 g/mol. The lowest BCUT2D eigenvalue weighted by molar-refractivity contribution is -0.123. The zero-order chi connectivity index (χ0) is 18.1. The van der Waals surface area contributed by atoms with Crippen molar-refractivity contribution >= 4 is 16.9 Å². The Kier molecular flexibility index (Phi) is 4.40. The van der Waals surface area contributed by atoms with Crippen molar-refractivity contribution in [1.29, 1.82) is 0 Å². The number of aromatic amines is 1. The first-order chi connectivity index (χ1) is 12.6. The molecule has 4 N–H and O–H groups in total. The second kappa shape index (κ2) is 6.86. The third-order valence-electron chi connectivity index (χ3n) is 4.68. The molecule has 26 heavy (non-hydrogen) atoms. The van der Waals surface area contributed by atoms with Gasteiger partial charge in [0.15, 0.2) is 0 Å². The third kappa shape index (κ3) is 3.18. The number of nitrogens with zero attached hydrogens (tertiary/aromatic N) is 1. The summed E-state index contributed by atoms with van der Waals surface area (Å²) >= 11 is 0. The number of carbonyl (C=O) groups is 1. The van der Waals surface area contributed by atoms with E-state index in [0.717, 1.165) is 11.0 Å². The Morgan fingerprint density at radius 3 is 2.77 bits per heavy atom. The Bertz CT molecular complexity index is 907. The van der Waals surface area contributed by atoms with Gasteiger partial charge in [0.1, 0.15) is 17.7 Å². The highest BCUT2D eigenvalue weighted by atomic mass is 19.1. The quantitative estimate of drug-likeness (QED) is 0.581. The molecule has 0 bridgehead atoms. The number of fused-ring (bicyclic) bond motifs is 1. The van der Waals surface area contributed by atoms with Gasteiger partial charge >= 0.3 is 0 Å². The molecule has 134 valence electrons. The van der Waals surface area contributed by atoms with Crippen molar-refractivity contribution in [2.75, 3.05) is 0 Å². The van der Waals surface area contributed by atoms with Gasteiger partial charge in [-0.25, -0.2) is 20.2 Å². The van der Waals surface area contributed by atoms with Crippen LogP contribution in [0, 0.1) is 5.82 Å². The molecule has 0 radical (unpaired) electrons. The highest BCUT2D eigenvalue weighted by molar-refractivity contribution is 5.82. The topological polar surface area (TPSA) is 81.8 Å². The van der Waals surface area contributed by atoms with Crippen molar-refractivity contribution in [3.63, 3.8) is 0 Å². The monoisotopic (exact) mass is 353 g/mol. The fourth-order valence-electron chi connectivity index (χ4n) is 3.25. The number of nitrogens with one attached hydrogen (secondary N) is 4. The van der Waals surface area contributed by atoms with E-state index in [0.29, 0.717) is 17.8 Å². The number of amides is 1. The molecule has 2 heterocycles. The second-order valence-electron chi connectivity index (χ2n) is 6.52. The molecular formula is C19H20FN5O. The molecule has 0 aliphatic carbocycles. The maximum atomic E-state index is 13.9. The van der Waals surface area contributed by atoms with Gasteiger partial charge in [0.05, 0.1) is 23.1 Å². The van der Waals surface area contributed by atoms with Gasteiger partial charge in [0.2, 0.25) is 5.91 Å². The van der Waals surface area contributed by atoms with Gasteiger partial charge in [-0.3, -0.25) is 4.79 Å². The van der Waals surface area contributed by atoms with E-state index in [1.807, 2.05) is 31.2 Å². The normalized spacial score (nSPS) is 21.0. The van der Waals surface area contributed by atoms with Crippen molar-refractivity contribution < 1.29 is 9.18 Å². The number of halogens is 1. The van der Waals surface area contributed by atoms with E-state index < -0.39 is 6.04 Å². The van der Waals surface area contributed by atoms with Gasteiger partial charge < -0.3 is 10.3 Å². The van der Waals surface area contributed by atoms with Crippen molar-refractivity contribution in [2.24, 2.45) is 0 Å². The Labute approximate surface area is 150 Å². The van der Waals surface area contributed by atoms with Crippen molar-refractivity contribution in [3.8, 4) is 0 Å². The fraction of sp³-hybridized carbons (Fsp3) is 0.263. The lowest BCUT2D eigenvalue weighted by Gasteiger charge is -2.15. The summed E-state index contributed by atoms with van der Waals surface area (Å²) in [7, 11) is 0. The molecule has 2 aromatic carbocycles. The molecule has 0 saturated carbocycles. The molecule has 3 atom stereocenters. The highest BCUT2D eigenvalue weighted by Gasteiger charge is 2.32. The third-order valence-corrected chi connectivity index (χ3v) is 4.68. The summed E-state index contributed by atoms with van der Waals surface area (Å²) < 4.78 is 13.9. The van der Waals surface area contributed by atoms with Gasteiger partial charge in [-0.2, -0.15) is 0 Å². The molecule has 6 nitrogen and oxygen atoms in total.